The molecule has 0 heterocycles. The molecule has 1 atom stereocenters. The minimum absolute atomic E-state index is 0.350. The van der Waals surface area contributed by atoms with Crippen molar-refractivity contribution in [2.24, 2.45) is 0 Å². The van der Waals surface area contributed by atoms with Crippen LogP contribution in [-0.2, 0) is 19.4 Å². The van der Waals surface area contributed by atoms with Crippen molar-refractivity contribution in [3.63, 3.8) is 0 Å². The Bertz CT molecular complexity index is 316. The normalized spacial score (nSPS) is 13.4. The fraction of sp³-hybridized carbons (Fsp3) is 0.900. The Labute approximate surface area is 103 Å². The number of hydrogen-bond acceptors (Lipinski definition) is 5. The van der Waals surface area contributed by atoms with Gasteiger partial charge in [0.05, 0.1) is 5.25 Å². The molecule has 7 heteroatoms. The Morgan fingerprint density at radius 3 is 2.59 bits per heavy atom. The zero-order valence-electron chi connectivity index (χ0n) is 10.7. The van der Waals surface area contributed by atoms with Gasteiger partial charge in [-0.3, -0.25) is 4.79 Å². The van der Waals surface area contributed by atoms with Gasteiger partial charge < -0.3 is 15.4 Å². The first kappa shape index (κ1) is 16.3. The van der Waals surface area contributed by atoms with E-state index in [0.717, 1.165) is 6.42 Å². The standard InChI is InChI=1S/C10H22N2O4S/c1-9(7-12-5-4-6-16-3)17(14,15)8-10(13)11-2/h9,12H,4-8H2,1-3H3,(H,11,13). The maximum Gasteiger partial charge on any atom is 0.234 e. The van der Waals surface area contributed by atoms with Gasteiger partial charge in [-0.2, -0.15) is 0 Å². The molecule has 0 saturated heterocycles. The van der Waals surface area contributed by atoms with Crippen molar-refractivity contribution < 1.29 is 17.9 Å². The highest BCUT2D eigenvalue weighted by molar-refractivity contribution is 7.92. The van der Waals surface area contributed by atoms with Crippen molar-refractivity contribution in [3.05, 3.63) is 0 Å². The lowest BCUT2D eigenvalue weighted by Gasteiger charge is -2.13. The second kappa shape index (κ2) is 8.43. The number of ether oxygens (including phenoxy) is 1. The minimum Gasteiger partial charge on any atom is -0.385 e. The van der Waals surface area contributed by atoms with Crippen molar-refractivity contribution in [1.29, 1.82) is 0 Å². The van der Waals surface area contributed by atoms with Crippen molar-refractivity contribution >= 4 is 15.7 Å². The maximum absolute atomic E-state index is 11.7. The van der Waals surface area contributed by atoms with Crippen LogP contribution in [-0.4, -0.2) is 59.2 Å². The average Bonchev–Trinajstić information content (AvgIpc) is 2.27. The molecule has 1 unspecified atom stereocenters. The van der Waals surface area contributed by atoms with Crippen LogP contribution in [0.15, 0.2) is 0 Å². The van der Waals surface area contributed by atoms with E-state index < -0.39 is 26.7 Å². The van der Waals surface area contributed by atoms with E-state index in [4.69, 9.17) is 4.74 Å². The summed E-state index contributed by atoms with van der Waals surface area (Å²) in [7, 11) is -0.327. The van der Waals surface area contributed by atoms with E-state index in [1.165, 1.54) is 7.05 Å². The number of amides is 1. The summed E-state index contributed by atoms with van der Waals surface area (Å²) in [6.07, 6.45) is 0.832. The van der Waals surface area contributed by atoms with Gasteiger partial charge in [0.15, 0.2) is 9.84 Å². The van der Waals surface area contributed by atoms with E-state index in [1.54, 1.807) is 14.0 Å². The van der Waals surface area contributed by atoms with Crippen LogP contribution in [0, 0.1) is 0 Å². The van der Waals surface area contributed by atoms with Crippen molar-refractivity contribution in [1.82, 2.24) is 10.6 Å². The van der Waals surface area contributed by atoms with E-state index in [2.05, 4.69) is 10.6 Å². The molecule has 2 N–H and O–H groups in total. The quantitative estimate of drug-likeness (QED) is 0.532. The monoisotopic (exact) mass is 266 g/mol. The lowest BCUT2D eigenvalue weighted by Crippen LogP contribution is -2.37. The largest absolute Gasteiger partial charge is 0.385 e. The van der Waals surface area contributed by atoms with Crippen LogP contribution in [0.25, 0.3) is 0 Å². The number of carbonyl (C=O) groups is 1. The van der Waals surface area contributed by atoms with Crippen LogP contribution in [0.3, 0.4) is 0 Å². The van der Waals surface area contributed by atoms with Gasteiger partial charge in [-0.15, -0.1) is 0 Å². The Kier molecular flexibility index (Phi) is 8.11. The topological polar surface area (TPSA) is 84.5 Å². The number of carbonyl (C=O) groups excluding carboxylic acids is 1. The van der Waals surface area contributed by atoms with E-state index >= 15 is 0 Å². The highest BCUT2D eigenvalue weighted by Crippen LogP contribution is 2.00. The SMILES string of the molecule is CNC(=O)CS(=O)(=O)C(C)CNCCCOC. The number of sulfone groups is 1. The zero-order chi connectivity index (χ0) is 13.3. The van der Waals surface area contributed by atoms with Gasteiger partial charge in [-0.1, -0.05) is 0 Å². The van der Waals surface area contributed by atoms with Gasteiger partial charge >= 0.3 is 0 Å². The molecule has 0 aromatic carbocycles. The average molecular weight is 266 g/mol. The molecule has 0 spiro atoms. The van der Waals surface area contributed by atoms with E-state index in [-0.39, 0.29) is 0 Å². The van der Waals surface area contributed by atoms with Crippen molar-refractivity contribution in [2.45, 2.75) is 18.6 Å². The second-order valence-corrected chi connectivity index (χ2v) is 6.26. The van der Waals surface area contributed by atoms with Crippen LogP contribution in [0.1, 0.15) is 13.3 Å². The molecule has 1 amide bonds. The zero-order valence-corrected chi connectivity index (χ0v) is 11.5. The van der Waals surface area contributed by atoms with Crippen molar-refractivity contribution in [3.8, 4) is 0 Å². The second-order valence-electron chi connectivity index (χ2n) is 3.84. The third-order valence-corrected chi connectivity index (χ3v) is 4.42. The molecule has 0 aliphatic carbocycles. The third kappa shape index (κ3) is 7.30. The fourth-order valence-electron chi connectivity index (χ4n) is 1.17. The van der Waals surface area contributed by atoms with Crippen LogP contribution >= 0.6 is 0 Å². The third-order valence-electron chi connectivity index (χ3n) is 2.36. The maximum atomic E-state index is 11.7. The first-order valence-electron chi connectivity index (χ1n) is 5.56. The number of nitrogens with one attached hydrogen (secondary N) is 2. The molecule has 102 valence electrons. The molecule has 0 aliphatic heterocycles. The van der Waals surface area contributed by atoms with Crippen molar-refractivity contribution in [2.75, 3.05) is 39.6 Å². The van der Waals surface area contributed by atoms with E-state index in [1.807, 2.05) is 0 Å². The predicted octanol–water partition coefficient (Wildman–Crippen LogP) is -0.838. The van der Waals surface area contributed by atoms with Gasteiger partial charge in [0.25, 0.3) is 0 Å². The Morgan fingerprint density at radius 1 is 1.41 bits per heavy atom. The molecular weight excluding hydrogens is 244 g/mol. The van der Waals surface area contributed by atoms with Crippen LogP contribution in [0.4, 0.5) is 0 Å². The molecule has 17 heavy (non-hydrogen) atoms. The molecule has 0 fully saturated rings. The summed E-state index contributed by atoms with van der Waals surface area (Å²) in [6.45, 7) is 3.30. The molecule has 0 aromatic rings. The van der Waals surface area contributed by atoms with Gasteiger partial charge in [0, 0.05) is 27.3 Å². The summed E-state index contributed by atoms with van der Waals surface area (Å²) >= 11 is 0. The summed E-state index contributed by atoms with van der Waals surface area (Å²) < 4.78 is 28.3. The molecule has 0 radical (unpaired) electrons. The Morgan fingerprint density at radius 2 is 2.06 bits per heavy atom. The number of rotatable bonds is 9. The molecular formula is C10H22N2O4S. The van der Waals surface area contributed by atoms with E-state index in [0.29, 0.717) is 19.7 Å². The first-order valence-corrected chi connectivity index (χ1v) is 7.27. The summed E-state index contributed by atoms with van der Waals surface area (Å²) in [4.78, 5) is 11.0. The molecule has 0 saturated carbocycles. The Hall–Kier alpha value is -0.660. The molecule has 0 aliphatic rings. The smallest absolute Gasteiger partial charge is 0.234 e. The van der Waals surface area contributed by atoms with Crippen LogP contribution in [0.5, 0.6) is 0 Å². The fourth-order valence-corrected chi connectivity index (χ4v) is 2.34. The minimum atomic E-state index is -3.37. The summed E-state index contributed by atoms with van der Waals surface area (Å²) in [5.74, 6) is -0.930. The summed E-state index contributed by atoms with van der Waals surface area (Å²) in [5.41, 5.74) is 0. The summed E-state index contributed by atoms with van der Waals surface area (Å²) in [6, 6.07) is 0. The van der Waals surface area contributed by atoms with Crippen LogP contribution in [0.2, 0.25) is 0 Å². The number of hydrogen-bond donors (Lipinski definition) is 2. The number of methoxy groups -OCH3 is 1. The molecule has 6 nitrogen and oxygen atoms in total. The van der Waals surface area contributed by atoms with Crippen LogP contribution < -0.4 is 10.6 Å². The lowest BCUT2D eigenvalue weighted by molar-refractivity contribution is -0.118. The molecule has 0 aromatic heterocycles. The van der Waals surface area contributed by atoms with Gasteiger partial charge in [0.2, 0.25) is 5.91 Å². The molecule has 0 bridgehead atoms. The van der Waals surface area contributed by atoms with Gasteiger partial charge in [0.1, 0.15) is 5.75 Å². The lowest BCUT2D eigenvalue weighted by atomic mass is 10.4. The van der Waals surface area contributed by atoms with Gasteiger partial charge in [-0.05, 0) is 19.9 Å². The highest BCUT2D eigenvalue weighted by Gasteiger charge is 2.23. The predicted molar refractivity (Wildman–Crippen MR) is 66.7 cm³/mol. The molecule has 0 rings (SSSR count). The van der Waals surface area contributed by atoms with E-state index in [9.17, 15) is 13.2 Å². The van der Waals surface area contributed by atoms with Gasteiger partial charge in [-0.25, -0.2) is 8.42 Å². The highest BCUT2D eigenvalue weighted by atomic mass is 32.2. The Balaban J connectivity index is 3.95. The summed E-state index contributed by atoms with van der Waals surface area (Å²) in [5, 5.41) is 4.76. The first-order chi connectivity index (χ1) is 7.94.